The molecule has 0 bridgehead atoms. The fraction of sp³-hybridized carbons (Fsp3) is 0.125. The maximum Gasteiger partial charge on any atom is 0.271 e. The summed E-state index contributed by atoms with van der Waals surface area (Å²) in [4.78, 5) is 22.1. The normalized spacial score (nSPS) is 17.7. The molecule has 4 heterocycles. The average Bonchev–Trinajstić information content (AvgIpc) is 3.45. The minimum Gasteiger partial charge on any atom is -0.352 e. The van der Waals surface area contributed by atoms with Gasteiger partial charge in [0.05, 0.1) is 40.6 Å². The summed E-state index contributed by atoms with van der Waals surface area (Å²) in [5, 5.41) is 15.4. The molecule has 0 spiro atoms. The molecule has 0 saturated carbocycles. The van der Waals surface area contributed by atoms with Crippen molar-refractivity contribution in [2.75, 3.05) is 0 Å². The van der Waals surface area contributed by atoms with Gasteiger partial charge in [-0.2, -0.15) is 0 Å². The van der Waals surface area contributed by atoms with E-state index >= 15 is 0 Å². The van der Waals surface area contributed by atoms with Crippen molar-refractivity contribution in [3.63, 3.8) is 0 Å². The summed E-state index contributed by atoms with van der Waals surface area (Å²) in [6.45, 7) is 0.515. The molecule has 0 amide bonds. The van der Waals surface area contributed by atoms with E-state index < -0.39 is 0 Å². The Balaban J connectivity index is 1.61. The zero-order valence-corrected chi connectivity index (χ0v) is 18.3. The maximum atomic E-state index is 11.3. The third-order valence-electron chi connectivity index (χ3n) is 5.66. The van der Waals surface area contributed by atoms with Gasteiger partial charge in [-0.3, -0.25) is 20.1 Å². The molecule has 0 radical (unpaired) electrons. The summed E-state index contributed by atoms with van der Waals surface area (Å²) in [6, 6.07) is 21.7. The number of nitrogens with zero attached hydrogens (tertiary/aromatic N) is 5. The van der Waals surface area contributed by atoms with Crippen LogP contribution in [0, 0.1) is 10.1 Å². The number of nitro benzene ring substituents is 1. The van der Waals surface area contributed by atoms with Gasteiger partial charge in [-0.1, -0.05) is 18.2 Å². The minimum atomic E-state index is -0.386. The zero-order valence-electron chi connectivity index (χ0n) is 17.5. The van der Waals surface area contributed by atoms with Gasteiger partial charge in [0.1, 0.15) is 0 Å². The zero-order chi connectivity index (χ0) is 22.8. The first-order chi connectivity index (χ1) is 16.1. The highest BCUT2D eigenvalue weighted by molar-refractivity contribution is 7.80. The summed E-state index contributed by atoms with van der Waals surface area (Å²) in [5.41, 5.74) is 3.44. The molecule has 0 unspecified atom stereocenters. The second-order valence-corrected chi connectivity index (χ2v) is 8.04. The third-order valence-corrected chi connectivity index (χ3v) is 6.01. The van der Waals surface area contributed by atoms with Crippen molar-refractivity contribution in [2.24, 2.45) is 0 Å². The Morgan fingerprint density at radius 2 is 1.82 bits per heavy atom. The van der Waals surface area contributed by atoms with Crippen LogP contribution in [0.3, 0.4) is 0 Å². The molecule has 2 atom stereocenters. The van der Waals surface area contributed by atoms with E-state index in [0.717, 1.165) is 17.1 Å². The predicted molar refractivity (Wildman–Crippen MR) is 128 cm³/mol. The molecular weight excluding hydrogens is 436 g/mol. The lowest BCUT2D eigenvalue weighted by Crippen LogP contribution is -2.30. The van der Waals surface area contributed by atoms with E-state index in [1.807, 2.05) is 65.4 Å². The third kappa shape index (κ3) is 4.06. The lowest BCUT2D eigenvalue weighted by atomic mass is 10.0. The molecule has 1 aliphatic heterocycles. The van der Waals surface area contributed by atoms with Crippen LogP contribution in [-0.2, 0) is 6.54 Å². The van der Waals surface area contributed by atoms with Crippen LogP contribution in [0.5, 0.6) is 0 Å². The number of hydrogen-bond acceptors (Lipinski definition) is 5. The van der Waals surface area contributed by atoms with Crippen molar-refractivity contribution in [2.45, 2.75) is 18.6 Å². The van der Waals surface area contributed by atoms with Gasteiger partial charge >= 0.3 is 0 Å². The Kier molecular flexibility index (Phi) is 5.54. The number of thiocarbonyl (C=S) groups is 1. The molecule has 1 aliphatic rings. The summed E-state index contributed by atoms with van der Waals surface area (Å²) in [6.07, 6.45) is 5.43. The Morgan fingerprint density at radius 1 is 1.00 bits per heavy atom. The summed E-state index contributed by atoms with van der Waals surface area (Å²) >= 11 is 5.74. The lowest BCUT2D eigenvalue weighted by molar-refractivity contribution is -0.384. The fourth-order valence-corrected chi connectivity index (χ4v) is 4.50. The first kappa shape index (κ1) is 20.8. The van der Waals surface area contributed by atoms with Crippen LogP contribution >= 0.6 is 12.2 Å². The number of benzene rings is 1. The quantitative estimate of drug-likeness (QED) is 0.262. The second kappa shape index (κ2) is 8.79. The van der Waals surface area contributed by atoms with Crippen molar-refractivity contribution < 1.29 is 4.92 Å². The van der Waals surface area contributed by atoms with Gasteiger partial charge in [-0.05, 0) is 54.7 Å². The number of rotatable bonds is 6. The Labute approximate surface area is 195 Å². The fourth-order valence-electron chi connectivity index (χ4n) is 4.19. The van der Waals surface area contributed by atoms with Gasteiger partial charge in [0.2, 0.25) is 0 Å². The first-order valence-electron chi connectivity index (χ1n) is 10.4. The molecule has 1 fully saturated rings. The Bertz CT molecular complexity index is 1290. The van der Waals surface area contributed by atoms with Crippen molar-refractivity contribution >= 4 is 23.0 Å². The summed E-state index contributed by atoms with van der Waals surface area (Å²) < 4.78 is 1.97. The smallest absolute Gasteiger partial charge is 0.271 e. The van der Waals surface area contributed by atoms with Crippen LogP contribution in [0.15, 0.2) is 91.4 Å². The number of non-ortho nitro benzene ring substituents is 1. The standard InChI is InChI=1S/C24H20N6O2S/c31-30(32)19-9-5-8-18(15-19)28-14-6-11-21(28)23-22(20-10-2-4-13-26-20)27-24(33)29(23)16-17-7-1-3-12-25-17/h1-15,22-23H,16H2,(H,27,33)/t22-,23+/m0/s1. The van der Waals surface area contributed by atoms with Crippen molar-refractivity contribution in [3.8, 4) is 5.69 Å². The molecule has 5 rings (SSSR count). The average molecular weight is 457 g/mol. The molecule has 1 saturated heterocycles. The van der Waals surface area contributed by atoms with E-state index in [4.69, 9.17) is 12.2 Å². The number of nitro groups is 1. The van der Waals surface area contributed by atoms with Crippen LogP contribution in [0.25, 0.3) is 5.69 Å². The van der Waals surface area contributed by atoms with Gasteiger partial charge in [-0.25, -0.2) is 0 Å². The summed E-state index contributed by atoms with van der Waals surface area (Å²) in [5.74, 6) is 0. The van der Waals surface area contributed by atoms with E-state index in [0.29, 0.717) is 17.3 Å². The van der Waals surface area contributed by atoms with Gasteiger partial charge in [0.25, 0.3) is 5.69 Å². The predicted octanol–water partition coefficient (Wildman–Crippen LogP) is 4.35. The molecule has 8 nitrogen and oxygen atoms in total. The maximum absolute atomic E-state index is 11.3. The topological polar surface area (TPSA) is 89.1 Å². The van der Waals surface area contributed by atoms with E-state index in [-0.39, 0.29) is 22.7 Å². The molecule has 1 N–H and O–H groups in total. The molecule has 9 heteroatoms. The van der Waals surface area contributed by atoms with Crippen molar-refractivity contribution in [1.82, 2.24) is 24.8 Å². The monoisotopic (exact) mass is 456 g/mol. The molecule has 0 aliphatic carbocycles. The molecule has 33 heavy (non-hydrogen) atoms. The highest BCUT2D eigenvalue weighted by atomic mass is 32.1. The molecule has 164 valence electrons. The second-order valence-electron chi connectivity index (χ2n) is 7.66. The Hall–Kier alpha value is -4.11. The van der Waals surface area contributed by atoms with Gasteiger partial charge in [0, 0.05) is 36.4 Å². The number of aromatic nitrogens is 3. The van der Waals surface area contributed by atoms with Gasteiger partial charge < -0.3 is 14.8 Å². The number of pyridine rings is 2. The van der Waals surface area contributed by atoms with Crippen molar-refractivity contribution in [3.05, 3.63) is 119 Å². The van der Waals surface area contributed by atoms with E-state index in [9.17, 15) is 10.1 Å². The largest absolute Gasteiger partial charge is 0.352 e. The number of hydrogen-bond donors (Lipinski definition) is 1. The van der Waals surface area contributed by atoms with E-state index in [2.05, 4.69) is 20.2 Å². The first-order valence-corrected chi connectivity index (χ1v) is 10.8. The van der Waals surface area contributed by atoms with Crippen LogP contribution in [0.2, 0.25) is 0 Å². The Morgan fingerprint density at radius 3 is 2.55 bits per heavy atom. The van der Waals surface area contributed by atoms with Crippen LogP contribution in [-0.4, -0.2) is 29.5 Å². The summed E-state index contributed by atoms with van der Waals surface area (Å²) in [7, 11) is 0. The molecule has 3 aromatic heterocycles. The number of nitrogens with one attached hydrogen (secondary N) is 1. The highest BCUT2D eigenvalue weighted by Gasteiger charge is 2.41. The van der Waals surface area contributed by atoms with Crippen LogP contribution < -0.4 is 5.32 Å². The van der Waals surface area contributed by atoms with Crippen LogP contribution in [0.4, 0.5) is 5.69 Å². The molecule has 4 aromatic rings. The van der Waals surface area contributed by atoms with E-state index in [1.54, 1.807) is 24.5 Å². The molecular formula is C24H20N6O2S. The highest BCUT2D eigenvalue weighted by Crippen LogP contribution is 2.40. The van der Waals surface area contributed by atoms with Crippen molar-refractivity contribution in [1.29, 1.82) is 0 Å². The van der Waals surface area contributed by atoms with Gasteiger partial charge in [0.15, 0.2) is 5.11 Å². The molecule has 1 aromatic carbocycles. The van der Waals surface area contributed by atoms with Crippen LogP contribution in [0.1, 0.15) is 29.2 Å². The van der Waals surface area contributed by atoms with E-state index in [1.165, 1.54) is 6.07 Å². The SMILES string of the molecule is O=[N+]([O-])c1cccc(-n2cccc2[C@@H]2[C@H](c3ccccn3)NC(=S)N2Cc2ccccn2)c1. The minimum absolute atomic E-state index is 0.0406. The van der Waals surface area contributed by atoms with Gasteiger partial charge in [-0.15, -0.1) is 0 Å². The lowest BCUT2D eigenvalue weighted by Gasteiger charge is -2.28.